The summed E-state index contributed by atoms with van der Waals surface area (Å²) in [5.41, 5.74) is 2.18. The summed E-state index contributed by atoms with van der Waals surface area (Å²) in [5.74, 6) is 1.46. The molecule has 1 heterocycles. The summed E-state index contributed by atoms with van der Waals surface area (Å²) < 4.78 is 5.60. The lowest BCUT2D eigenvalue weighted by atomic mass is 10.2. The summed E-state index contributed by atoms with van der Waals surface area (Å²) in [6.45, 7) is 4.02. The van der Waals surface area contributed by atoms with E-state index in [9.17, 15) is 0 Å². The third-order valence-corrected chi connectivity index (χ3v) is 2.29. The van der Waals surface area contributed by atoms with Crippen LogP contribution in [0.3, 0.4) is 0 Å². The van der Waals surface area contributed by atoms with E-state index in [4.69, 9.17) is 4.74 Å². The highest BCUT2D eigenvalue weighted by Gasteiger charge is 1.99. The van der Waals surface area contributed by atoms with Gasteiger partial charge in [0, 0.05) is 11.8 Å². The largest absolute Gasteiger partial charge is 0.439 e. The molecule has 0 saturated heterocycles. The molecule has 0 fully saturated rings. The molecule has 2 aromatic rings. The van der Waals surface area contributed by atoms with Crippen molar-refractivity contribution in [3.8, 4) is 11.6 Å². The van der Waals surface area contributed by atoms with Crippen LogP contribution < -0.4 is 4.74 Å². The molecule has 0 spiro atoms. The second-order valence-electron chi connectivity index (χ2n) is 3.47. The molecule has 2 rings (SSSR count). The number of aromatic nitrogens is 1. The van der Waals surface area contributed by atoms with Crippen LogP contribution in [0.4, 0.5) is 0 Å². The van der Waals surface area contributed by atoms with Gasteiger partial charge in [0.15, 0.2) is 0 Å². The number of hydrogen-bond acceptors (Lipinski definition) is 2. The molecular formula is C13H13NO. The predicted molar refractivity (Wildman–Crippen MR) is 60.2 cm³/mol. The normalized spacial score (nSPS) is 10.0. The van der Waals surface area contributed by atoms with E-state index in [0.29, 0.717) is 5.88 Å². The first-order valence-electron chi connectivity index (χ1n) is 4.93. The zero-order valence-corrected chi connectivity index (χ0v) is 8.90. The molecule has 0 N–H and O–H groups in total. The van der Waals surface area contributed by atoms with Gasteiger partial charge in [-0.2, -0.15) is 0 Å². The van der Waals surface area contributed by atoms with Crippen molar-refractivity contribution in [2.45, 2.75) is 13.8 Å². The molecule has 0 atom stereocenters. The number of benzene rings is 1. The fourth-order valence-electron chi connectivity index (χ4n) is 1.27. The van der Waals surface area contributed by atoms with Crippen LogP contribution in [0.2, 0.25) is 0 Å². The van der Waals surface area contributed by atoms with Gasteiger partial charge in [0.1, 0.15) is 5.75 Å². The molecular weight excluding hydrogens is 186 g/mol. The van der Waals surface area contributed by atoms with Crippen LogP contribution in [0.25, 0.3) is 0 Å². The number of rotatable bonds is 2. The summed E-state index contributed by atoms with van der Waals surface area (Å²) in [7, 11) is 0. The topological polar surface area (TPSA) is 22.1 Å². The summed E-state index contributed by atoms with van der Waals surface area (Å²) in [4.78, 5) is 4.35. The van der Waals surface area contributed by atoms with E-state index in [1.807, 2.05) is 56.3 Å². The Balaban J connectivity index is 2.22. The maximum Gasteiger partial charge on any atom is 0.219 e. The molecule has 0 saturated carbocycles. The van der Waals surface area contributed by atoms with Gasteiger partial charge in [-0.25, -0.2) is 4.98 Å². The van der Waals surface area contributed by atoms with Crippen LogP contribution in [0.5, 0.6) is 11.6 Å². The quantitative estimate of drug-likeness (QED) is 0.738. The zero-order valence-electron chi connectivity index (χ0n) is 8.90. The second kappa shape index (κ2) is 4.13. The third kappa shape index (κ3) is 2.34. The van der Waals surface area contributed by atoms with Crippen molar-refractivity contribution in [1.82, 2.24) is 4.98 Å². The standard InChI is InChI=1S/C13H13NO/c1-10-8-9-13(14-11(10)2)15-12-6-4-3-5-7-12/h3-9H,1-2H3. The van der Waals surface area contributed by atoms with Gasteiger partial charge in [0.2, 0.25) is 5.88 Å². The highest BCUT2D eigenvalue weighted by molar-refractivity contribution is 5.29. The van der Waals surface area contributed by atoms with Crippen molar-refractivity contribution in [1.29, 1.82) is 0 Å². The Hall–Kier alpha value is -1.83. The smallest absolute Gasteiger partial charge is 0.219 e. The van der Waals surface area contributed by atoms with E-state index in [1.54, 1.807) is 0 Å². The summed E-state index contributed by atoms with van der Waals surface area (Å²) >= 11 is 0. The minimum absolute atomic E-state index is 0.643. The van der Waals surface area contributed by atoms with E-state index in [-0.39, 0.29) is 0 Å². The van der Waals surface area contributed by atoms with Crippen molar-refractivity contribution in [3.63, 3.8) is 0 Å². The number of para-hydroxylation sites is 1. The summed E-state index contributed by atoms with van der Waals surface area (Å²) in [5, 5.41) is 0. The van der Waals surface area contributed by atoms with E-state index >= 15 is 0 Å². The van der Waals surface area contributed by atoms with Crippen LogP contribution in [-0.2, 0) is 0 Å². The SMILES string of the molecule is Cc1ccc(Oc2ccccc2)nc1C. The minimum atomic E-state index is 0.643. The lowest BCUT2D eigenvalue weighted by Gasteiger charge is -2.06. The molecule has 2 nitrogen and oxygen atoms in total. The van der Waals surface area contributed by atoms with Crippen molar-refractivity contribution in [2.75, 3.05) is 0 Å². The van der Waals surface area contributed by atoms with E-state index in [1.165, 1.54) is 5.56 Å². The van der Waals surface area contributed by atoms with Crippen LogP contribution in [0, 0.1) is 13.8 Å². The molecule has 76 valence electrons. The van der Waals surface area contributed by atoms with Gasteiger partial charge in [-0.3, -0.25) is 0 Å². The Kier molecular flexibility index (Phi) is 2.68. The van der Waals surface area contributed by atoms with Gasteiger partial charge in [-0.15, -0.1) is 0 Å². The van der Waals surface area contributed by atoms with Crippen molar-refractivity contribution < 1.29 is 4.74 Å². The molecule has 0 unspecified atom stereocenters. The van der Waals surface area contributed by atoms with Crippen molar-refractivity contribution >= 4 is 0 Å². The second-order valence-corrected chi connectivity index (χ2v) is 3.47. The number of pyridine rings is 1. The van der Waals surface area contributed by atoms with Gasteiger partial charge in [0.05, 0.1) is 0 Å². The minimum Gasteiger partial charge on any atom is -0.439 e. The molecule has 0 aliphatic heterocycles. The number of aryl methyl sites for hydroxylation is 2. The molecule has 0 aliphatic carbocycles. The number of hydrogen-bond donors (Lipinski definition) is 0. The molecule has 0 amide bonds. The van der Waals surface area contributed by atoms with Gasteiger partial charge >= 0.3 is 0 Å². The first kappa shape index (κ1) is 9.71. The van der Waals surface area contributed by atoms with E-state index < -0.39 is 0 Å². The van der Waals surface area contributed by atoms with Crippen molar-refractivity contribution in [3.05, 3.63) is 53.7 Å². The fourth-order valence-corrected chi connectivity index (χ4v) is 1.27. The first-order chi connectivity index (χ1) is 7.25. The molecule has 0 aliphatic rings. The highest BCUT2D eigenvalue weighted by atomic mass is 16.5. The Bertz CT molecular complexity index is 451. The monoisotopic (exact) mass is 199 g/mol. The Morgan fingerprint density at radius 3 is 2.33 bits per heavy atom. The predicted octanol–water partition coefficient (Wildman–Crippen LogP) is 3.49. The lowest BCUT2D eigenvalue weighted by Crippen LogP contribution is -1.91. The Morgan fingerprint density at radius 1 is 0.933 bits per heavy atom. The Morgan fingerprint density at radius 2 is 1.67 bits per heavy atom. The maximum atomic E-state index is 5.60. The van der Waals surface area contributed by atoms with Gasteiger partial charge in [0.25, 0.3) is 0 Å². The van der Waals surface area contributed by atoms with E-state index in [0.717, 1.165) is 11.4 Å². The number of nitrogens with zero attached hydrogens (tertiary/aromatic N) is 1. The Labute approximate surface area is 89.6 Å². The average Bonchev–Trinajstić information content (AvgIpc) is 2.25. The maximum absolute atomic E-state index is 5.60. The number of ether oxygens (including phenoxy) is 1. The molecule has 1 aromatic heterocycles. The summed E-state index contributed by atoms with van der Waals surface area (Å²) in [6.07, 6.45) is 0. The average molecular weight is 199 g/mol. The first-order valence-corrected chi connectivity index (χ1v) is 4.93. The van der Waals surface area contributed by atoms with Crippen LogP contribution >= 0.6 is 0 Å². The molecule has 0 bridgehead atoms. The van der Waals surface area contributed by atoms with Crippen LogP contribution in [0.1, 0.15) is 11.3 Å². The van der Waals surface area contributed by atoms with Gasteiger partial charge in [-0.05, 0) is 31.5 Å². The zero-order chi connectivity index (χ0) is 10.7. The van der Waals surface area contributed by atoms with Crippen LogP contribution in [-0.4, -0.2) is 4.98 Å². The van der Waals surface area contributed by atoms with Gasteiger partial charge < -0.3 is 4.74 Å². The molecule has 0 radical (unpaired) electrons. The van der Waals surface area contributed by atoms with E-state index in [2.05, 4.69) is 4.98 Å². The van der Waals surface area contributed by atoms with Crippen molar-refractivity contribution in [2.24, 2.45) is 0 Å². The summed E-state index contributed by atoms with van der Waals surface area (Å²) in [6, 6.07) is 13.6. The fraction of sp³-hybridized carbons (Fsp3) is 0.154. The highest BCUT2D eigenvalue weighted by Crippen LogP contribution is 2.19. The van der Waals surface area contributed by atoms with Gasteiger partial charge in [-0.1, -0.05) is 24.3 Å². The molecule has 15 heavy (non-hydrogen) atoms. The third-order valence-electron chi connectivity index (χ3n) is 2.29. The molecule has 2 heteroatoms. The molecule has 1 aromatic carbocycles. The lowest BCUT2D eigenvalue weighted by molar-refractivity contribution is 0.461. The van der Waals surface area contributed by atoms with Crippen LogP contribution in [0.15, 0.2) is 42.5 Å².